The Morgan fingerprint density at radius 3 is 2.81 bits per heavy atom. The molecule has 0 aliphatic heterocycles. The minimum absolute atomic E-state index is 0.185. The van der Waals surface area contributed by atoms with Gasteiger partial charge in [0.2, 0.25) is 5.91 Å². The molecule has 0 saturated heterocycles. The van der Waals surface area contributed by atoms with Gasteiger partial charge in [0.05, 0.1) is 12.1 Å². The normalized spacial score (nSPS) is 19.9. The van der Waals surface area contributed by atoms with Crippen LogP contribution < -0.4 is 5.48 Å². The lowest BCUT2D eigenvalue weighted by Crippen LogP contribution is -2.30. The number of allylic oxidation sites excluding steroid dienone is 2. The Kier molecular flexibility index (Phi) is 5.05. The zero-order chi connectivity index (χ0) is 19.8. The summed E-state index contributed by atoms with van der Waals surface area (Å²) in [5.41, 5.74) is 3.64. The average molecular weight is 383 g/mol. The van der Waals surface area contributed by atoms with Crippen molar-refractivity contribution in [2.75, 3.05) is 0 Å². The van der Waals surface area contributed by atoms with E-state index in [1.54, 1.807) is 24.5 Å². The molecule has 0 spiro atoms. The Morgan fingerprint density at radius 2 is 2.15 bits per heavy atom. The Labute approximate surface area is 152 Å². The van der Waals surface area contributed by atoms with Crippen LogP contribution >= 0.6 is 0 Å². The van der Waals surface area contributed by atoms with Crippen LogP contribution in [0.25, 0.3) is 5.57 Å². The lowest BCUT2D eigenvalue weighted by Gasteiger charge is -2.19. The summed E-state index contributed by atoms with van der Waals surface area (Å²) >= 11 is 0. The number of nitrogens with one attached hydrogen (secondary N) is 1. The first kappa shape index (κ1) is 19.1. The number of hydrogen-bond donors (Lipinski definition) is 2. The molecule has 9 heteroatoms. The van der Waals surface area contributed by atoms with Crippen molar-refractivity contribution in [3.8, 4) is 0 Å². The topological polar surface area (TPSA) is 67.2 Å². The van der Waals surface area contributed by atoms with E-state index in [0.717, 1.165) is 4.68 Å². The number of halogens is 4. The molecule has 2 unspecified atom stereocenters. The second-order valence-electron chi connectivity index (χ2n) is 6.50. The van der Waals surface area contributed by atoms with Gasteiger partial charge in [-0.25, -0.2) is 9.87 Å². The molecule has 2 atom stereocenters. The van der Waals surface area contributed by atoms with Crippen molar-refractivity contribution in [3.63, 3.8) is 0 Å². The number of nitrogens with zero attached hydrogens (tertiary/aromatic N) is 2. The summed E-state index contributed by atoms with van der Waals surface area (Å²) in [5, 5.41) is 12.7. The summed E-state index contributed by atoms with van der Waals surface area (Å²) in [7, 11) is 0. The smallest absolute Gasteiger partial charge is 0.289 e. The molecule has 27 heavy (non-hydrogen) atoms. The molecule has 144 valence electrons. The first-order chi connectivity index (χ1) is 12.7. The van der Waals surface area contributed by atoms with E-state index in [2.05, 4.69) is 5.10 Å². The summed E-state index contributed by atoms with van der Waals surface area (Å²) in [6.07, 6.45) is 0.0650. The highest BCUT2D eigenvalue weighted by Gasteiger charge is 2.36. The highest BCUT2D eigenvalue weighted by Crippen LogP contribution is 2.43. The van der Waals surface area contributed by atoms with Crippen LogP contribution in [0.2, 0.25) is 0 Å². The number of benzene rings is 1. The Hall–Kier alpha value is -2.68. The standard InChI is InChI=1S/C18H17F4N3O2/c1-10-13(3-2-4-16(10)19)14-5-11(6-15(14)17(26)24-27)12-7-23-25(8-12)9-18(20,21)22/h2-5,7-8,14-15,27H,6,9H2,1H3,(H,24,26). The number of rotatable bonds is 4. The fraction of sp³-hybridized carbons (Fsp3) is 0.333. The van der Waals surface area contributed by atoms with Gasteiger partial charge in [0, 0.05) is 17.7 Å². The van der Waals surface area contributed by atoms with E-state index in [1.807, 2.05) is 0 Å². The molecule has 2 N–H and O–H groups in total. The Balaban J connectivity index is 1.95. The van der Waals surface area contributed by atoms with Crippen LogP contribution in [0.1, 0.15) is 29.0 Å². The van der Waals surface area contributed by atoms with E-state index in [4.69, 9.17) is 5.21 Å². The maximum absolute atomic E-state index is 13.9. The molecule has 5 nitrogen and oxygen atoms in total. The third kappa shape index (κ3) is 4.02. The number of aromatic nitrogens is 2. The SMILES string of the molecule is Cc1c(F)cccc1C1C=C(c2cnn(CC(F)(F)F)c2)CC1C(=O)NO. The van der Waals surface area contributed by atoms with Crippen molar-refractivity contribution in [2.45, 2.75) is 32.0 Å². The van der Waals surface area contributed by atoms with Gasteiger partial charge in [-0.3, -0.25) is 14.7 Å². The van der Waals surface area contributed by atoms with Crippen molar-refractivity contribution in [2.24, 2.45) is 5.92 Å². The van der Waals surface area contributed by atoms with Crippen LogP contribution in [-0.2, 0) is 11.3 Å². The average Bonchev–Trinajstić information content (AvgIpc) is 3.22. The van der Waals surface area contributed by atoms with Gasteiger partial charge < -0.3 is 0 Å². The van der Waals surface area contributed by atoms with Crippen LogP contribution in [0.15, 0.2) is 36.7 Å². The van der Waals surface area contributed by atoms with Crippen molar-refractivity contribution in [1.29, 1.82) is 0 Å². The third-order valence-electron chi connectivity index (χ3n) is 4.72. The molecule has 0 fully saturated rings. The molecule has 1 aromatic heterocycles. The van der Waals surface area contributed by atoms with Crippen LogP contribution in [0, 0.1) is 18.7 Å². The molecule has 2 aromatic rings. The molecular weight excluding hydrogens is 366 g/mol. The van der Waals surface area contributed by atoms with Crippen molar-refractivity contribution in [3.05, 3.63) is 59.2 Å². The second kappa shape index (κ2) is 7.15. The highest BCUT2D eigenvalue weighted by molar-refractivity contribution is 5.85. The molecule has 1 aliphatic carbocycles. The van der Waals surface area contributed by atoms with Gasteiger partial charge in [0.25, 0.3) is 0 Å². The van der Waals surface area contributed by atoms with E-state index < -0.39 is 36.3 Å². The fourth-order valence-electron chi connectivity index (χ4n) is 3.41. The number of amides is 1. The second-order valence-corrected chi connectivity index (χ2v) is 6.50. The minimum atomic E-state index is -4.39. The lowest BCUT2D eigenvalue weighted by molar-refractivity contribution is -0.142. The summed E-state index contributed by atoms with van der Waals surface area (Å²) < 4.78 is 52.3. The van der Waals surface area contributed by atoms with Gasteiger partial charge >= 0.3 is 6.18 Å². The van der Waals surface area contributed by atoms with Crippen LogP contribution in [-0.4, -0.2) is 27.1 Å². The van der Waals surface area contributed by atoms with Gasteiger partial charge in [-0.1, -0.05) is 18.2 Å². The molecule has 0 bridgehead atoms. The third-order valence-corrected chi connectivity index (χ3v) is 4.72. The number of alkyl halides is 3. The van der Waals surface area contributed by atoms with Crippen molar-refractivity contribution < 1.29 is 27.6 Å². The molecule has 1 heterocycles. The first-order valence-corrected chi connectivity index (χ1v) is 8.19. The predicted octanol–water partition coefficient (Wildman–Crippen LogP) is 3.59. The number of hydroxylamine groups is 1. The highest BCUT2D eigenvalue weighted by atomic mass is 19.4. The zero-order valence-corrected chi connectivity index (χ0v) is 14.3. The molecule has 1 aromatic carbocycles. The maximum Gasteiger partial charge on any atom is 0.408 e. The van der Waals surface area contributed by atoms with Gasteiger partial charge in [-0.15, -0.1) is 0 Å². The quantitative estimate of drug-likeness (QED) is 0.482. The molecule has 3 rings (SSSR count). The minimum Gasteiger partial charge on any atom is -0.289 e. The van der Waals surface area contributed by atoms with Crippen LogP contribution in [0.3, 0.4) is 0 Å². The first-order valence-electron chi connectivity index (χ1n) is 8.19. The van der Waals surface area contributed by atoms with Crippen molar-refractivity contribution >= 4 is 11.5 Å². The molecule has 1 amide bonds. The van der Waals surface area contributed by atoms with E-state index in [0.29, 0.717) is 22.3 Å². The monoisotopic (exact) mass is 383 g/mol. The fourth-order valence-corrected chi connectivity index (χ4v) is 3.41. The Bertz CT molecular complexity index is 889. The zero-order valence-electron chi connectivity index (χ0n) is 14.3. The summed E-state index contributed by atoms with van der Waals surface area (Å²) in [4.78, 5) is 12.1. The summed E-state index contributed by atoms with van der Waals surface area (Å²) in [6, 6.07) is 4.52. The van der Waals surface area contributed by atoms with Gasteiger partial charge in [-0.05, 0) is 36.1 Å². The molecular formula is C18H17F4N3O2. The summed E-state index contributed by atoms with van der Waals surface area (Å²) in [6.45, 7) is 0.374. The lowest BCUT2D eigenvalue weighted by atomic mass is 9.85. The van der Waals surface area contributed by atoms with Gasteiger partial charge in [-0.2, -0.15) is 18.3 Å². The van der Waals surface area contributed by atoms with E-state index >= 15 is 0 Å². The maximum atomic E-state index is 13.9. The number of carbonyl (C=O) groups excluding carboxylic acids is 1. The number of carbonyl (C=O) groups is 1. The van der Waals surface area contributed by atoms with Gasteiger partial charge in [0.1, 0.15) is 12.4 Å². The summed E-state index contributed by atoms with van der Waals surface area (Å²) in [5.74, 6) is -2.29. The predicted molar refractivity (Wildman–Crippen MR) is 88.2 cm³/mol. The van der Waals surface area contributed by atoms with Gasteiger partial charge in [0.15, 0.2) is 0 Å². The van der Waals surface area contributed by atoms with E-state index in [9.17, 15) is 22.4 Å². The van der Waals surface area contributed by atoms with Crippen molar-refractivity contribution in [1.82, 2.24) is 15.3 Å². The largest absolute Gasteiger partial charge is 0.408 e. The Morgan fingerprint density at radius 1 is 1.41 bits per heavy atom. The molecule has 1 aliphatic rings. The number of hydrogen-bond acceptors (Lipinski definition) is 3. The van der Waals surface area contributed by atoms with E-state index in [-0.39, 0.29) is 6.42 Å². The molecule has 0 saturated carbocycles. The van der Waals surface area contributed by atoms with Crippen LogP contribution in [0.5, 0.6) is 0 Å². The van der Waals surface area contributed by atoms with Crippen LogP contribution in [0.4, 0.5) is 17.6 Å². The van der Waals surface area contributed by atoms with E-state index in [1.165, 1.54) is 24.5 Å². The molecule has 0 radical (unpaired) electrons.